The molecule has 0 bridgehead atoms. The van der Waals surface area contributed by atoms with Crippen LogP contribution in [0.4, 0.5) is 11.4 Å². The molecule has 1 heterocycles. The SMILES string of the molecule is CSc1cccc(NC(=O)c2ccc3c(c2)-c2ccccc2S(=O)(=O)N3C)c1. The highest BCUT2D eigenvalue weighted by Gasteiger charge is 2.32. The number of amides is 1. The molecule has 1 aliphatic heterocycles. The van der Waals surface area contributed by atoms with Gasteiger partial charge in [0.05, 0.1) is 10.6 Å². The number of hydrogen-bond donors (Lipinski definition) is 1. The molecule has 3 aromatic rings. The van der Waals surface area contributed by atoms with Crippen LogP contribution in [0.2, 0.25) is 0 Å². The quantitative estimate of drug-likeness (QED) is 0.647. The molecule has 142 valence electrons. The largest absolute Gasteiger partial charge is 0.322 e. The summed E-state index contributed by atoms with van der Waals surface area (Å²) in [6.45, 7) is 0. The highest BCUT2D eigenvalue weighted by atomic mass is 32.2. The second kappa shape index (κ2) is 7.00. The van der Waals surface area contributed by atoms with E-state index in [1.165, 1.54) is 11.4 Å². The van der Waals surface area contributed by atoms with Crippen molar-refractivity contribution in [2.45, 2.75) is 9.79 Å². The van der Waals surface area contributed by atoms with Gasteiger partial charge in [0, 0.05) is 34.3 Å². The van der Waals surface area contributed by atoms with Crippen LogP contribution in [0.25, 0.3) is 11.1 Å². The Morgan fingerprint density at radius 2 is 1.75 bits per heavy atom. The molecule has 0 saturated heterocycles. The van der Waals surface area contributed by atoms with Gasteiger partial charge in [-0.1, -0.05) is 24.3 Å². The number of anilines is 2. The summed E-state index contributed by atoms with van der Waals surface area (Å²) in [7, 11) is -2.07. The predicted octanol–water partition coefficient (Wildman–Crippen LogP) is 4.47. The number of benzene rings is 3. The lowest BCUT2D eigenvalue weighted by Gasteiger charge is -2.29. The van der Waals surface area contributed by atoms with E-state index in [1.54, 1.807) is 54.2 Å². The van der Waals surface area contributed by atoms with E-state index in [2.05, 4.69) is 5.32 Å². The lowest BCUT2D eigenvalue weighted by molar-refractivity contribution is 0.102. The molecular weight excluding hydrogens is 392 g/mol. The number of carbonyl (C=O) groups excluding carboxylic acids is 1. The van der Waals surface area contributed by atoms with E-state index >= 15 is 0 Å². The fourth-order valence-electron chi connectivity index (χ4n) is 3.26. The molecule has 0 atom stereocenters. The molecule has 4 rings (SSSR count). The first-order valence-electron chi connectivity index (χ1n) is 8.59. The average Bonchev–Trinajstić information content (AvgIpc) is 2.72. The van der Waals surface area contributed by atoms with Gasteiger partial charge >= 0.3 is 0 Å². The third kappa shape index (κ3) is 3.06. The lowest BCUT2D eigenvalue weighted by atomic mass is 10.00. The Hall–Kier alpha value is -2.77. The van der Waals surface area contributed by atoms with Gasteiger partial charge in [0.2, 0.25) is 0 Å². The number of rotatable bonds is 3. The average molecular weight is 411 g/mol. The summed E-state index contributed by atoms with van der Waals surface area (Å²) in [5.74, 6) is -0.241. The fourth-order valence-corrected chi connectivity index (χ4v) is 5.14. The van der Waals surface area contributed by atoms with E-state index in [0.29, 0.717) is 16.8 Å². The van der Waals surface area contributed by atoms with Gasteiger partial charge in [-0.3, -0.25) is 9.10 Å². The topological polar surface area (TPSA) is 66.5 Å². The lowest BCUT2D eigenvalue weighted by Crippen LogP contribution is -2.30. The minimum Gasteiger partial charge on any atom is -0.322 e. The zero-order valence-electron chi connectivity index (χ0n) is 15.3. The molecule has 5 nitrogen and oxygen atoms in total. The fraction of sp³-hybridized carbons (Fsp3) is 0.0952. The summed E-state index contributed by atoms with van der Waals surface area (Å²) in [5.41, 5.74) is 3.07. The Morgan fingerprint density at radius 1 is 0.964 bits per heavy atom. The van der Waals surface area contributed by atoms with Crippen molar-refractivity contribution in [3.05, 3.63) is 72.3 Å². The third-order valence-electron chi connectivity index (χ3n) is 4.74. The van der Waals surface area contributed by atoms with Crippen molar-refractivity contribution in [2.75, 3.05) is 22.9 Å². The highest BCUT2D eigenvalue weighted by Crippen LogP contribution is 2.42. The number of sulfonamides is 1. The number of carbonyl (C=O) groups is 1. The molecule has 1 aliphatic rings. The van der Waals surface area contributed by atoms with E-state index in [4.69, 9.17) is 0 Å². The Labute approximate surface area is 168 Å². The second-order valence-corrected chi connectivity index (χ2v) is 9.20. The molecule has 1 amide bonds. The molecule has 7 heteroatoms. The first kappa shape index (κ1) is 18.6. The highest BCUT2D eigenvalue weighted by molar-refractivity contribution is 7.98. The van der Waals surface area contributed by atoms with Crippen molar-refractivity contribution in [3.8, 4) is 11.1 Å². The van der Waals surface area contributed by atoms with E-state index in [9.17, 15) is 13.2 Å². The van der Waals surface area contributed by atoms with Crippen molar-refractivity contribution in [1.82, 2.24) is 0 Å². The number of hydrogen-bond acceptors (Lipinski definition) is 4. The summed E-state index contributed by atoms with van der Waals surface area (Å²) in [4.78, 5) is 14.1. The van der Waals surface area contributed by atoms with Crippen LogP contribution in [0, 0.1) is 0 Å². The molecule has 0 fully saturated rings. The zero-order valence-corrected chi connectivity index (χ0v) is 17.0. The summed E-state index contributed by atoms with van der Waals surface area (Å²) in [6.07, 6.45) is 1.98. The number of fused-ring (bicyclic) bond motifs is 3. The number of nitrogens with one attached hydrogen (secondary N) is 1. The van der Waals surface area contributed by atoms with Gasteiger partial charge in [-0.15, -0.1) is 11.8 Å². The molecule has 1 N–H and O–H groups in total. The van der Waals surface area contributed by atoms with Crippen LogP contribution >= 0.6 is 11.8 Å². The molecule has 0 saturated carbocycles. The van der Waals surface area contributed by atoms with Crippen LogP contribution in [-0.2, 0) is 10.0 Å². The first-order valence-corrected chi connectivity index (χ1v) is 11.3. The van der Waals surface area contributed by atoms with E-state index < -0.39 is 10.0 Å². The van der Waals surface area contributed by atoms with Crippen LogP contribution in [0.15, 0.2) is 76.5 Å². The van der Waals surface area contributed by atoms with Crippen molar-refractivity contribution >= 4 is 39.1 Å². The molecule has 28 heavy (non-hydrogen) atoms. The summed E-state index contributed by atoms with van der Waals surface area (Å²) < 4.78 is 26.7. The van der Waals surface area contributed by atoms with Crippen LogP contribution in [0.3, 0.4) is 0 Å². The molecule has 0 aliphatic carbocycles. The maximum atomic E-state index is 12.8. The van der Waals surface area contributed by atoms with Gasteiger partial charge < -0.3 is 5.32 Å². The molecule has 0 spiro atoms. The van der Waals surface area contributed by atoms with E-state index in [1.807, 2.05) is 30.5 Å². The summed E-state index contributed by atoms with van der Waals surface area (Å²) >= 11 is 1.60. The van der Waals surface area contributed by atoms with Gasteiger partial charge in [-0.25, -0.2) is 8.42 Å². The van der Waals surface area contributed by atoms with Gasteiger partial charge in [0.15, 0.2) is 0 Å². The molecule has 0 unspecified atom stereocenters. The van der Waals surface area contributed by atoms with Gasteiger partial charge in [0.1, 0.15) is 0 Å². The first-order chi connectivity index (χ1) is 13.4. The number of nitrogens with zero attached hydrogens (tertiary/aromatic N) is 1. The van der Waals surface area contributed by atoms with Crippen molar-refractivity contribution in [1.29, 1.82) is 0 Å². The van der Waals surface area contributed by atoms with Gasteiger partial charge in [0.25, 0.3) is 15.9 Å². The van der Waals surface area contributed by atoms with Crippen molar-refractivity contribution < 1.29 is 13.2 Å². The maximum absolute atomic E-state index is 12.8. The smallest absolute Gasteiger partial charge is 0.264 e. The summed E-state index contributed by atoms with van der Waals surface area (Å²) in [5, 5.41) is 2.91. The van der Waals surface area contributed by atoms with Crippen molar-refractivity contribution in [3.63, 3.8) is 0 Å². The van der Waals surface area contributed by atoms with Crippen LogP contribution < -0.4 is 9.62 Å². The minimum atomic E-state index is -3.59. The van der Waals surface area contributed by atoms with E-state index in [0.717, 1.165) is 16.1 Å². The minimum absolute atomic E-state index is 0.241. The molecule has 3 aromatic carbocycles. The van der Waals surface area contributed by atoms with Crippen LogP contribution in [0.5, 0.6) is 0 Å². The van der Waals surface area contributed by atoms with Crippen molar-refractivity contribution in [2.24, 2.45) is 0 Å². The Morgan fingerprint density at radius 3 is 2.54 bits per heavy atom. The second-order valence-electron chi connectivity index (χ2n) is 6.39. The van der Waals surface area contributed by atoms with Crippen LogP contribution in [-0.4, -0.2) is 27.6 Å². The Balaban J connectivity index is 1.74. The molecule has 0 radical (unpaired) electrons. The zero-order chi connectivity index (χ0) is 19.9. The van der Waals surface area contributed by atoms with E-state index in [-0.39, 0.29) is 10.8 Å². The normalized spacial score (nSPS) is 14.1. The predicted molar refractivity (Wildman–Crippen MR) is 114 cm³/mol. The standard InChI is InChI=1S/C21H18N2O3S2/c1-23-19-11-10-14(21(24)22-15-6-5-7-16(13-15)27-2)12-18(19)17-8-3-4-9-20(17)28(23,25)26/h3-13H,1-2H3,(H,22,24). The number of thioether (sulfide) groups is 1. The Kier molecular flexibility index (Phi) is 4.64. The third-order valence-corrected chi connectivity index (χ3v) is 7.30. The summed E-state index contributed by atoms with van der Waals surface area (Å²) in [6, 6.07) is 19.5. The molecular formula is C21H18N2O3S2. The van der Waals surface area contributed by atoms with Gasteiger partial charge in [-0.05, 0) is 48.7 Å². The van der Waals surface area contributed by atoms with Crippen LogP contribution in [0.1, 0.15) is 10.4 Å². The monoisotopic (exact) mass is 410 g/mol. The van der Waals surface area contributed by atoms with Gasteiger partial charge in [-0.2, -0.15) is 0 Å². The maximum Gasteiger partial charge on any atom is 0.264 e. The molecule has 0 aromatic heterocycles. The Bertz CT molecular complexity index is 1190.